The number of benzene rings is 3. The topological polar surface area (TPSA) is 102 Å². The fraction of sp³-hybridized carbons (Fsp3) is 0.0323. The molecule has 8 nitrogen and oxygen atoms in total. The van der Waals surface area contributed by atoms with Gasteiger partial charge in [0.1, 0.15) is 0 Å². The number of aromatic nitrogens is 5. The molecule has 0 aliphatic carbocycles. The van der Waals surface area contributed by atoms with Gasteiger partial charge in [-0.25, -0.2) is 0 Å². The molecule has 6 aromatic rings. The van der Waals surface area contributed by atoms with Crippen LogP contribution in [0, 0.1) is 6.92 Å². The maximum absolute atomic E-state index is 13.3. The number of nitrogens with zero attached hydrogens (tertiary/aromatic N) is 5. The molecule has 8 heteroatoms. The summed E-state index contributed by atoms with van der Waals surface area (Å²) in [5, 5.41) is 16.2. The van der Waals surface area contributed by atoms with Gasteiger partial charge >= 0.3 is 0 Å². The van der Waals surface area contributed by atoms with Crippen molar-refractivity contribution in [1.29, 1.82) is 0 Å². The summed E-state index contributed by atoms with van der Waals surface area (Å²) in [6.07, 6.45) is 3.39. The predicted molar refractivity (Wildman–Crippen MR) is 148 cm³/mol. The van der Waals surface area contributed by atoms with E-state index in [1.54, 1.807) is 59.4 Å². The molecule has 3 aromatic heterocycles. The number of ketones is 1. The molecule has 3 heterocycles. The number of amides is 1. The number of pyridine rings is 1. The van der Waals surface area contributed by atoms with Gasteiger partial charge in [0.2, 0.25) is 0 Å². The molecular formula is C31H22N6O2. The minimum Gasteiger partial charge on any atom is -0.322 e. The number of anilines is 1. The third-order valence-corrected chi connectivity index (χ3v) is 6.35. The zero-order chi connectivity index (χ0) is 26.8. The second-order valence-corrected chi connectivity index (χ2v) is 9.02. The Kier molecular flexibility index (Phi) is 6.18. The Balaban J connectivity index is 1.29. The van der Waals surface area contributed by atoms with Crippen LogP contribution in [0.3, 0.4) is 0 Å². The molecule has 0 fully saturated rings. The first-order valence-electron chi connectivity index (χ1n) is 12.3. The number of hydrogen-bond acceptors (Lipinski definition) is 6. The summed E-state index contributed by atoms with van der Waals surface area (Å²) >= 11 is 0. The number of fused-ring (bicyclic) bond motifs is 1. The Hall–Kier alpha value is -5.50. The number of rotatable bonds is 6. The SMILES string of the molecule is Cc1ccc(C(=O)c2ccccc2C(=O)Nc2cccc(-c3ccc4nnc(-c5ccncc5)n4n3)c2)cc1. The van der Waals surface area contributed by atoms with Crippen molar-refractivity contribution in [2.24, 2.45) is 0 Å². The first-order chi connectivity index (χ1) is 19.1. The van der Waals surface area contributed by atoms with Crippen LogP contribution in [-0.2, 0) is 0 Å². The lowest BCUT2D eigenvalue weighted by Crippen LogP contribution is -2.17. The molecule has 39 heavy (non-hydrogen) atoms. The zero-order valence-electron chi connectivity index (χ0n) is 20.9. The first-order valence-corrected chi connectivity index (χ1v) is 12.3. The summed E-state index contributed by atoms with van der Waals surface area (Å²) < 4.78 is 1.68. The van der Waals surface area contributed by atoms with Gasteiger partial charge in [-0.1, -0.05) is 60.2 Å². The highest BCUT2D eigenvalue weighted by atomic mass is 16.2. The van der Waals surface area contributed by atoms with Gasteiger partial charge in [-0.05, 0) is 49.4 Å². The van der Waals surface area contributed by atoms with Crippen molar-refractivity contribution in [3.63, 3.8) is 0 Å². The molecule has 0 bridgehead atoms. The summed E-state index contributed by atoms with van der Waals surface area (Å²) in [5.41, 5.74) is 5.77. The Morgan fingerprint density at radius 1 is 0.744 bits per heavy atom. The molecule has 3 aromatic carbocycles. The van der Waals surface area contributed by atoms with E-state index < -0.39 is 0 Å². The number of carbonyl (C=O) groups is 2. The van der Waals surface area contributed by atoms with E-state index in [4.69, 9.17) is 5.10 Å². The molecule has 0 saturated heterocycles. The van der Waals surface area contributed by atoms with E-state index in [2.05, 4.69) is 20.5 Å². The summed E-state index contributed by atoms with van der Waals surface area (Å²) in [6, 6.07) is 28.9. The molecule has 188 valence electrons. The smallest absolute Gasteiger partial charge is 0.256 e. The Labute approximate surface area is 224 Å². The monoisotopic (exact) mass is 510 g/mol. The highest BCUT2D eigenvalue weighted by Gasteiger charge is 2.18. The molecule has 0 aliphatic heterocycles. The molecule has 0 unspecified atom stereocenters. The van der Waals surface area contributed by atoms with Crippen molar-refractivity contribution in [3.05, 3.63) is 132 Å². The van der Waals surface area contributed by atoms with Crippen molar-refractivity contribution < 1.29 is 9.59 Å². The molecule has 0 saturated carbocycles. The van der Waals surface area contributed by atoms with Gasteiger partial charge in [-0.2, -0.15) is 9.61 Å². The van der Waals surface area contributed by atoms with Crippen molar-refractivity contribution in [2.45, 2.75) is 6.92 Å². The normalized spacial score (nSPS) is 10.9. The van der Waals surface area contributed by atoms with Gasteiger partial charge in [-0.3, -0.25) is 14.6 Å². The third kappa shape index (κ3) is 4.78. The van der Waals surface area contributed by atoms with Crippen LogP contribution in [0.4, 0.5) is 5.69 Å². The van der Waals surface area contributed by atoms with E-state index >= 15 is 0 Å². The highest BCUT2D eigenvalue weighted by molar-refractivity contribution is 6.17. The molecule has 0 atom stereocenters. The van der Waals surface area contributed by atoms with Gasteiger partial charge in [0.15, 0.2) is 17.3 Å². The second-order valence-electron chi connectivity index (χ2n) is 9.02. The number of hydrogen-bond donors (Lipinski definition) is 1. The lowest BCUT2D eigenvalue weighted by atomic mass is 9.97. The van der Waals surface area contributed by atoms with E-state index in [0.29, 0.717) is 39.5 Å². The van der Waals surface area contributed by atoms with Crippen molar-refractivity contribution in [3.8, 4) is 22.6 Å². The minimum absolute atomic E-state index is 0.203. The van der Waals surface area contributed by atoms with Gasteiger partial charge in [0.25, 0.3) is 5.91 Å². The van der Waals surface area contributed by atoms with E-state index in [-0.39, 0.29) is 11.7 Å². The highest BCUT2D eigenvalue weighted by Crippen LogP contribution is 2.24. The molecule has 0 radical (unpaired) electrons. The summed E-state index contributed by atoms with van der Waals surface area (Å²) in [7, 11) is 0. The maximum atomic E-state index is 13.3. The van der Waals surface area contributed by atoms with Crippen LogP contribution in [0.25, 0.3) is 28.3 Å². The van der Waals surface area contributed by atoms with Crippen molar-refractivity contribution in [2.75, 3.05) is 5.32 Å². The Morgan fingerprint density at radius 3 is 2.31 bits per heavy atom. The van der Waals surface area contributed by atoms with E-state index in [1.807, 2.05) is 61.5 Å². The third-order valence-electron chi connectivity index (χ3n) is 6.35. The van der Waals surface area contributed by atoms with Crippen LogP contribution < -0.4 is 5.32 Å². The minimum atomic E-state index is -0.370. The lowest BCUT2D eigenvalue weighted by Gasteiger charge is -2.11. The molecule has 0 spiro atoms. The van der Waals surface area contributed by atoms with E-state index in [0.717, 1.165) is 16.7 Å². The Bertz CT molecular complexity index is 1830. The number of carbonyl (C=O) groups excluding carboxylic acids is 2. The fourth-order valence-electron chi connectivity index (χ4n) is 4.32. The molecule has 6 rings (SSSR count). The number of nitrogens with one attached hydrogen (secondary N) is 1. The van der Waals surface area contributed by atoms with Gasteiger partial charge in [-0.15, -0.1) is 10.2 Å². The quantitative estimate of drug-likeness (QED) is 0.291. The maximum Gasteiger partial charge on any atom is 0.256 e. The van der Waals surface area contributed by atoms with Crippen LogP contribution >= 0.6 is 0 Å². The number of aryl methyl sites for hydroxylation is 1. The Morgan fingerprint density at radius 2 is 1.51 bits per heavy atom. The molecule has 1 N–H and O–H groups in total. The predicted octanol–water partition coefficient (Wildman–Crippen LogP) is 5.65. The zero-order valence-corrected chi connectivity index (χ0v) is 20.9. The van der Waals surface area contributed by atoms with Crippen LogP contribution in [0.2, 0.25) is 0 Å². The summed E-state index contributed by atoms with van der Waals surface area (Å²) in [4.78, 5) is 30.6. The largest absolute Gasteiger partial charge is 0.322 e. The average molecular weight is 511 g/mol. The van der Waals surface area contributed by atoms with E-state index in [9.17, 15) is 9.59 Å². The molecule has 0 aliphatic rings. The van der Waals surface area contributed by atoms with Crippen LogP contribution in [0.15, 0.2) is 109 Å². The van der Waals surface area contributed by atoms with Gasteiger partial charge < -0.3 is 5.32 Å². The van der Waals surface area contributed by atoms with E-state index in [1.165, 1.54) is 0 Å². The van der Waals surface area contributed by atoms with Crippen molar-refractivity contribution in [1.82, 2.24) is 24.8 Å². The van der Waals surface area contributed by atoms with Crippen molar-refractivity contribution >= 4 is 23.0 Å². The average Bonchev–Trinajstić information content (AvgIpc) is 3.41. The van der Waals surface area contributed by atoms with Crippen LogP contribution in [0.5, 0.6) is 0 Å². The summed E-state index contributed by atoms with van der Waals surface area (Å²) in [5.74, 6) is 0.0323. The molecular weight excluding hydrogens is 488 g/mol. The second kappa shape index (κ2) is 10.1. The van der Waals surface area contributed by atoms with Crippen LogP contribution in [0.1, 0.15) is 31.8 Å². The standard InChI is InChI=1S/C31H22N6O2/c1-20-9-11-21(12-10-20)29(38)25-7-2-3-8-26(25)31(39)33-24-6-4-5-23(19-24)27-13-14-28-34-35-30(37(28)36-27)22-15-17-32-18-16-22/h2-19H,1H3,(H,33,39). The molecule has 1 amide bonds. The van der Waals surface area contributed by atoms with Crippen LogP contribution in [-0.4, -0.2) is 36.5 Å². The lowest BCUT2D eigenvalue weighted by molar-refractivity contribution is 0.0996. The fourth-order valence-corrected chi connectivity index (χ4v) is 4.32. The first kappa shape index (κ1) is 23.9. The van der Waals surface area contributed by atoms with Gasteiger partial charge in [0, 0.05) is 40.3 Å². The van der Waals surface area contributed by atoms with Gasteiger partial charge in [0.05, 0.1) is 11.3 Å². The summed E-state index contributed by atoms with van der Waals surface area (Å²) in [6.45, 7) is 1.96.